The van der Waals surface area contributed by atoms with Gasteiger partial charge in [0.05, 0.1) is 12.7 Å². The Morgan fingerprint density at radius 2 is 1.50 bits per heavy atom. The third kappa shape index (κ3) is 6.55. The molecule has 4 heteroatoms. The Morgan fingerprint density at radius 3 is 2.11 bits per heavy atom. The lowest BCUT2D eigenvalue weighted by atomic mass is 9.72. The van der Waals surface area contributed by atoms with E-state index >= 15 is 0 Å². The van der Waals surface area contributed by atoms with E-state index < -0.39 is 17.5 Å². The second kappa shape index (κ2) is 12.9. The lowest BCUT2D eigenvalue weighted by molar-refractivity contribution is -0.0405. The summed E-state index contributed by atoms with van der Waals surface area (Å²) in [5.74, 6) is -1.04. The van der Waals surface area contributed by atoms with Crippen LogP contribution >= 0.6 is 0 Å². The zero-order chi connectivity index (χ0) is 26.5. The van der Waals surface area contributed by atoms with Gasteiger partial charge in [-0.05, 0) is 103 Å². The fraction of sp³-hybridized carbons (Fsp3) is 0.588. The van der Waals surface area contributed by atoms with E-state index in [-0.39, 0.29) is 12.0 Å². The van der Waals surface area contributed by atoms with E-state index in [4.69, 9.17) is 4.74 Å². The van der Waals surface area contributed by atoms with Gasteiger partial charge in [-0.1, -0.05) is 75.8 Å². The van der Waals surface area contributed by atoms with Crippen LogP contribution in [-0.4, -0.2) is 6.61 Å². The molecular weight excluding hydrogens is 481 g/mol. The first kappa shape index (κ1) is 27.5. The van der Waals surface area contributed by atoms with Crippen molar-refractivity contribution in [3.63, 3.8) is 0 Å². The van der Waals surface area contributed by atoms with Gasteiger partial charge in [0.1, 0.15) is 0 Å². The highest BCUT2D eigenvalue weighted by Crippen LogP contribution is 2.42. The van der Waals surface area contributed by atoms with Crippen LogP contribution in [0, 0.1) is 35.2 Å². The molecule has 1 aliphatic heterocycles. The second-order valence-corrected chi connectivity index (χ2v) is 12.1. The largest absolute Gasteiger partial charge is 0.373 e. The Balaban J connectivity index is 1.10. The summed E-state index contributed by atoms with van der Waals surface area (Å²) in [5.41, 5.74) is 4.28. The minimum atomic E-state index is -1.39. The minimum Gasteiger partial charge on any atom is -0.373 e. The van der Waals surface area contributed by atoms with Crippen LogP contribution in [-0.2, 0) is 4.74 Å². The van der Waals surface area contributed by atoms with Gasteiger partial charge in [0.25, 0.3) is 0 Å². The molecule has 1 nitrogen and oxygen atoms in total. The van der Waals surface area contributed by atoms with Crippen LogP contribution in [0.15, 0.2) is 42.5 Å². The van der Waals surface area contributed by atoms with Crippen LogP contribution in [0.25, 0.3) is 5.57 Å². The molecule has 3 atom stereocenters. The monoisotopic (exact) mass is 524 g/mol. The Morgan fingerprint density at radius 1 is 0.789 bits per heavy atom. The first-order valence-corrected chi connectivity index (χ1v) is 15.1. The average molecular weight is 525 g/mol. The van der Waals surface area contributed by atoms with E-state index in [1.165, 1.54) is 74.5 Å². The lowest BCUT2D eigenvalue weighted by Crippen LogP contribution is -2.29. The highest BCUT2D eigenvalue weighted by molar-refractivity contribution is 5.66. The smallest absolute Gasteiger partial charge is 0.194 e. The van der Waals surface area contributed by atoms with Crippen molar-refractivity contribution < 1.29 is 17.9 Å². The number of hydrogen-bond acceptors (Lipinski definition) is 1. The minimum absolute atomic E-state index is 0.0160. The molecule has 0 spiro atoms. The van der Waals surface area contributed by atoms with Crippen LogP contribution in [0.3, 0.4) is 0 Å². The summed E-state index contributed by atoms with van der Waals surface area (Å²) in [4.78, 5) is 0. The zero-order valence-corrected chi connectivity index (χ0v) is 22.9. The summed E-state index contributed by atoms with van der Waals surface area (Å²) >= 11 is 0. The van der Waals surface area contributed by atoms with Gasteiger partial charge in [-0.15, -0.1) is 0 Å². The maximum absolute atomic E-state index is 13.7. The predicted molar refractivity (Wildman–Crippen MR) is 148 cm³/mol. The van der Waals surface area contributed by atoms with Crippen molar-refractivity contribution in [1.82, 2.24) is 0 Å². The van der Waals surface area contributed by atoms with Gasteiger partial charge < -0.3 is 4.74 Å². The first-order valence-electron chi connectivity index (χ1n) is 15.1. The molecule has 0 N–H and O–H groups in total. The molecule has 0 amide bonds. The van der Waals surface area contributed by atoms with Crippen molar-refractivity contribution >= 4 is 5.57 Å². The Kier molecular flexibility index (Phi) is 9.30. The van der Waals surface area contributed by atoms with Crippen LogP contribution in [0.5, 0.6) is 0 Å². The van der Waals surface area contributed by atoms with Crippen LogP contribution < -0.4 is 0 Å². The van der Waals surface area contributed by atoms with E-state index in [0.717, 1.165) is 55.8 Å². The van der Waals surface area contributed by atoms with Crippen molar-refractivity contribution in [2.75, 3.05) is 6.61 Å². The maximum Gasteiger partial charge on any atom is 0.194 e. The molecule has 206 valence electrons. The lowest BCUT2D eigenvalue weighted by Gasteiger charge is -2.38. The Labute approximate surface area is 226 Å². The summed E-state index contributed by atoms with van der Waals surface area (Å²) in [6.07, 6.45) is 18.3. The molecule has 1 saturated carbocycles. The summed E-state index contributed by atoms with van der Waals surface area (Å²) in [5, 5.41) is 0. The van der Waals surface area contributed by atoms with Crippen molar-refractivity contribution in [3.05, 3.63) is 76.6 Å². The zero-order valence-electron chi connectivity index (χ0n) is 22.9. The molecule has 2 aliphatic carbocycles. The molecule has 0 aromatic heterocycles. The molecule has 1 heterocycles. The molecule has 0 bridgehead atoms. The second-order valence-electron chi connectivity index (χ2n) is 12.1. The third-order valence-corrected chi connectivity index (χ3v) is 9.63. The van der Waals surface area contributed by atoms with Crippen LogP contribution in [0.2, 0.25) is 0 Å². The molecule has 0 radical (unpaired) electrons. The first-order chi connectivity index (χ1) is 18.5. The van der Waals surface area contributed by atoms with E-state index in [1.807, 2.05) is 0 Å². The predicted octanol–water partition coefficient (Wildman–Crippen LogP) is 10.3. The number of rotatable bonds is 8. The number of unbranched alkanes of at least 4 members (excludes halogenated alkanes) is 2. The Bertz CT molecular complexity index is 1050. The number of allylic oxidation sites excluding steroid dienone is 2. The summed E-state index contributed by atoms with van der Waals surface area (Å²) in [6, 6.07) is 11.1. The standard InChI is InChI=1S/C34H43F3O/c1-2-3-4-5-23-6-8-26(9-7-23)29-18-19-33(38-22-29)28-16-14-25(15-17-28)24-10-12-27(13-11-24)30-20-31(35)34(37)32(36)21-30/h10,14-17,20-21,23,26-27,29,33H,2-9,11-13,18-19,22H2,1H3. The quantitative estimate of drug-likeness (QED) is 0.246. The highest BCUT2D eigenvalue weighted by Gasteiger charge is 2.32. The Hall–Kier alpha value is -2.07. The van der Waals surface area contributed by atoms with E-state index in [2.05, 4.69) is 37.3 Å². The van der Waals surface area contributed by atoms with Gasteiger partial charge in [-0.25, -0.2) is 13.2 Å². The van der Waals surface area contributed by atoms with E-state index in [0.29, 0.717) is 12.0 Å². The summed E-state index contributed by atoms with van der Waals surface area (Å²) in [6.45, 7) is 3.19. The molecule has 5 rings (SSSR count). The molecule has 2 fully saturated rings. The topological polar surface area (TPSA) is 9.23 Å². The van der Waals surface area contributed by atoms with Crippen LogP contribution in [0.4, 0.5) is 13.2 Å². The number of halogens is 3. The molecule has 3 unspecified atom stereocenters. The van der Waals surface area contributed by atoms with E-state index in [9.17, 15) is 13.2 Å². The number of ether oxygens (including phenoxy) is 1. The number of hydrogen-bond donors (Lipinski definition) is 0. The SMILES string of the molecule is CCCCCC1CCC(C2CCC(c3ccc(C4=CCC(c5cc(F)c(F)c(F)c5)CC4)cc3)OC2)CC1. The van der Waals surface area contributed by atoms with Gasteiger partial charge in [-0.2, -0.15) is 0 Å². The molecular formula is C34H43F3O. The van der Waals surface area contributed by atoms with Crippen molar-refractivity contribution in [2.45, 2.75) is 102 Å². The van der Waals surface area contributed by atoms with Crippen molar-refractivity contribution in [1.29, 1.82) is 0 Å². The van der Waals surface area contributed by atoms with Gasteiger partial charge in [0.15, 0.2) is 17.5 Å². The molecule has 2 aromatic rings. The fourth-order valence-corrected chi connectivity index (χ4v) is 7.16. The van der Waals surface area contributed by atoms with Gasteiger partial charge in [-0.3, -0.25) is 0 Å². The third-order valence-electron chi connectivity index (χ3n) is 9.63. The fourth-order valence-electron chi connectivity index (χ4n) is 7.16. The highest BCUT2D eigenvalue weighted by atomic mass is 19.2. The molecule has 2 aromatic carbocycles. The normalized spacial score (nSPS) is 28.2. The van der Waals surface area contributed by atoms with Crippen molar-refractivity contribution in [2.24, 2.45) is 17.8 Å². The van der Waals surface area contributed by atoms with Gasteiger partial charge >= 0.3 is 0 Å². The molecule has 1 saturated heterocycles. The summed E-state index contributed by atoms with van der Waals surface area (Å²) < 4.78 is 47.1. The van der Waals surface area contributed by atoms with Gasteiger partial charge in [0, 0.05) is 0 Å². The number of benzene rings is 2. The van der Waals surface area contributed by atoms with E-state index in [1.54, 1.807) is 0 Å². The summed E-state index contributed by atoms with van der Waals surface area (Å²) in [7, 11) is 0. The average Bonchev–Trinajstić information content (AvgIpc) is 2.96. The van der Waals surface area contributed by atoms with Crippen molar-refractivity contribution in [3.8, 4) is 0 Å². The van der Waals surface area contributed by atoms with Crippen LogP contribution in [0.1, 0.15) is 119 Å². The van der Waals surface area contributed by atoms with Gasteiger partial charge in [0.2, 0.25) is 0 Å². The molecule has 3 aliphatic rings. The molecule has 38 heavy (non-hydrogen) atoms. The maximum atomic E-state index is 13.7.